The van der Waals surface area contributed by atoms with Crippen molar-refractivity contribution in [3.05, 3.63) is 48.4 Å². The molecule has 2 aromatic rings. The zero-order valence-electron chi connectivity index (χ0n) is 10.1. The van der Waals surface area contributed by atoms with Crippen LogP contribution in [0, 0.1) is 0 Å². The van der Waals surface area contributed by atoms with E-state index in [2.05, 4.69) is 9.97 Å². The summed E-state index contributed by atoms with van der Waals surface area (Å²) < 4.78 is 0. The van der Waals surface area contributed by atoms with Crippen LogP contribution in [-0.2, 0) is 4.79 Å². The van der Waals surface area contributed by atoms with E-state index in [9.17, 15) is 4.79 Å². The van der Waals surface area contributed by atoms with Gasteiger partial charge in [-0.2, -0.15) is 0 Å². The molecule has 1 aromatic heterocycles. The van der Waals surface area contributed by atoms with Gasteiger partial charge >= 0.3 is 5.97 Å². The molecule has 0 aliphatic carbocycles. The third kappa shape index (κ3) is 2.91. The number of rotatable bonds is 4. The zero-order chi connectivity index (χ0) is 13.0. The Kier molecular flexibility index (Phi) is 3.67. The molecule has 0 fully saturated rings. The van der Waals surface area contributed by atoms with E-state index in [-0.39, 0.29) is 12.3 Å². The first-order chi connectivity index (χ1) is 8.66. The number of hydrogen-bond acceptors (Lipinski definition) is 3. The Morgan fingerprint density at radius 1 is 1.28 bits per heavy atom. The lowest BCUT2D eigenvalue weighted by Gasteiger charge is -2.08. The molecule has 0 bridgehead atoms. The van der Waals surface area contributed by atoms with Gasteiger partial charge in [-0.25, -0.2) is 9.97 Å². The number of carboxylic acid groups (broad SMARTS) is 1. The van der Waals surface area contributed by atoms with Crippen molar-refractivity contribution in [3.63, 3.8) is 0 Å². The minimum Gasteiger partial charge on any atom is -0.481 e. The molecule has 1 atom stereocenters. The minimum atomic E-state index is -0.837. The Bertz CT molecular complexity index is 541. The molecule has 0 spiro atoms. The Balaban J connectivity index is 2.28. The summed E-state index contributed by atoms with van der Waals surface area (Å²) in [5, 5.41) is 8.78. The predicted molar refractivity (Wildman–Crippen MR) is 68.1 cm³/mol. The van der Waals surface area contributed by atoms with Gasteiger partial charge < -0.3 is 5.11 Å². The molecule has 1 heterocycles. The largest absolute Gasteiger partial charge is 0.481 e. The van der Waals surface area contributed by atoms with Gasteiger partial charge in [0.25, 0.3) is 0 Å². The first-order valence-electron chi connectivity index (χ1n) is 5.77. The summed E-state index contributed by atoms with van der Waals surface area (Å²) >= 11 is 0. The van der Waals surface area contributed by atoms with Gasteiger partial charge in [-0.05, 0) is 6.07 Å². The van der Waals surface area contributed by atoms with Crippen LogP contribution >= 0.6 is 0 Å². The average Bonchev–Trinajstić information content (AvgIpc) is 2.39. The monoisotopic (exact) mass is 242 g/mol. The van der Waals surface area contributed by atoms with Gasteiger partial charge in [0.2, 0.25) is 0 Å². The summed E-state index contributed by atoms with van der Waals surface area (Å²) in [5.41, 5.74) is 1.82. The molecule has 2 rings (SSSR count). The minimum absolute atomic E-state index is 0.0399. The molecule has 1 aromatic carbocycles. The predicted octanol–water partition coefficient (Wildman–Crippen LogP) is 2.72. The van der Waals surface area contributed by atoms with Gasteiger partial charge in [0.1, 0.15) is 5.82 Å². The van der Waals surface area contributed by atoms with E-state index in [0.717, 1.165) is 11.3 Å². The van der Waals surface area contributed by atoms with E-state index in [1.165, 1.54) is 0 Å². The molecule has 0 saturated heterocycles. The van der Waals surface area contributed by atoms with Crippen LogP contribution in [0.1, 0.15) is 25.1 Å². The molecule has 1 unspecified atom stereocenters. The van der Waals surface area contributed by atoms with Crippen molar-refractivity contribution in [3.8, 4) is 11.3 Å². The van der Waals surface area contributed by atoms with E-state index in [4.69, 9.17) is 5.11 Å². The number of carboxylic acids is 1. The summed E-state index contributed by atoms with van der Waals surface area (Å²) in [6.07, 6.45) is 1.71. The standard InChI is InChI=1S/C14H14N2O2/c1-10(9-13(17)18)14-15-8-7-12(16-14)11-5-3-2-4-6-11/h2-8,10H,9H2,1H3,(H,17,18). The summed E-state index contributed by atoms with van der Waals surface area (Å²) in [4.78, 5) is 19.2. The molecule has 4 heteroatoms. The first-order valence-corrected chi connectivity index (χ1v) is 5.77. The van der Waals surface area contributed by atoms with Gasteiger partial charge in [0, 0.05) is 17.7 Å². The van der Waals surface area contributed by atoms with E-state index in [1.54, 1.807) is 6.20 Å². The van der Waals surface area contributed by atoms with Crippen molar-refractivity contribution in [2.45, 2.75) is 19.3 Å². The Morgan fingerprint density at radius 2 is 2.00 bits per heavy atom. The molecule has 4 nitrogen and oxygen atoms in total. The summed E-state index contributed by atoms with van der Waals surface area (Å²) in [6, 6.07) is 11.6. The number of benzene rings is 1. The lowest BCUT2D eigenvalue weighted by atomic mass is 10.1. The highest BCUT2D eigenvalue weighted by Gasteiger charge is 2.13. The van der Waals surface area contributed by atoms with Crippen molar-refractivity contribution in [2.24, 2.45) is 0 Å². The van der Waals surface area contributed by atoms with Crippen molar-refractivity contribution in [1.82, 2.24) is 9.97 Å². The van der Waals surface area contributed by atoms with Crippen molar-refractivity contribution in [1.29, 1.82) is 0 Å². The number of nitrogens with zero attached hydrogens (tertiary/aromatic N) is 2. The third-order valence-electron chi connectivity index (χ3n) is 2.67. The third-order valence-corrected chi connectivity index (χ3v) is 2.67. The van der Waals surface area contributed by atoms with Crippen LogP contribution < -0.4 is 0 Å². The van der Waals surface area contributed by atoms with E-state index in [1.807, 2.05) is 43.3 Å². The van der Waals surface area contributed by atoms with Crippen LogP contribution in [0.4, 0.5) is 0 Å². The van der Waals surface area contributed by atoms with Crippen LogP contribution in [0.15, 0.2) is 42.6 Å². The molecule has 0 radical (unpaired) electrons. The first kappa shape index (κ1) is 12.2. The van der Waals surface area contributed by atoms with Crippen molar-refractivity contribution in [2.75, 3.05) is 0 Å². The Morgan fingerprint density at radius 3 is 2.67 bits per heavy atom. The van der Waals surface area contributed by atoms with Crippen LogP contribution in [0.2, 0.25) is 0 Å². The number of aliphatic carboxylic acids is 1. The SMILES string of the molecule is CC(CC(=O)O)c1nccc(-c2ccccc2)n1. The highest BCUT2D eigenvalue weighted by Crippen LogP contribution is 2.20. The Labute approximate surface area is 105 Å². The van der Waals surface area contributed by atoms with E-state index in [0.29, 0.717) is 5.82 Å². The van der Waals surface area contributed by atoms with Crippen molar-refractivity contribution < 1.29 is 9.90 Å². The molecule has 0 amide bonds. The van der Waals surface area contributed by atoms with Gasteiger partial charge in [0.15, 0.2) is 0 Å². The molecular weight excluding hydrogens is 228 g/mol. The average molecular weight is 242 g/mol. The second-order valence-corrected chi connectivity index (χ2v) is 4.17. The number of carbonyl (C=O) groups is 1. The fourth-order valence-electron chi connectivity index (χ4n) is 1.73. The fourth-order valence-corrected chi connectivity index (χ4v) is 1.73. The second kappa shape index (κ2) is 5.40. The summed E-state index contributed by atoms with van der Waals surface area (Å²) in [6.45, 7) is 1.82. The van der Waals surface area contributed by atoms with Crippen LogP contribution in [0.5, 0.6) is 0 Å². The molecule has 0 aliphatic rings. The van der Waals surface area contributed by atoms with Crippen LogP contribution in [-0.4, -0.2) is 21.0 Å². The van der Waals surface area contributed by atoms with E-state index >= 15 is 0 Å². The van der Waals surface area contributed by atoms with Crippen LogP contribution in [0.25, 0.3) is 11.3 Å². The van der Waals surface area contributed by atoms with Crippen LogP contribution in [0.3, 0.4) is 0 Å². The maximum atomic E-state index is 10.7. The molecule has 0 aliphatic heterocycles. The maximum absolute atomic E-state index is 10.7. The van der Waals surface area contributed by atoms with Crippen molar-refractivity contribution >= 4 is 5.97 Å². The van der Waals surface area contributed by atoms with Gasteiger partial charge in [-0.3, -0.25) is 4.79 Å². The fraction of sp³-hybridized carbons (Fsp3) is 0.214. The van der Waals surface area contributed by atoms with Gasteiger partial charge in [-0.1, -0.05) is 37.3 Å². The van der Waals surface area contributed by atoms with E-state index < -0.39 is 5.97 Å². The Hall–Kier alpha value is -2.23. The number of hydrogen-bond donors (Lipinski definition) is 1. The quantitative estimate of drug-likeness (QED) is 0.895. The molecule has 0 saturated carbocycles. The highest BCUT2D eigenvalue weighted by molar-refractivity contribution is 5.67. The molecular formula is C14H14N2O2. The molecule has 92 valence electrons. The summed E-state index contributed by atoms with van der Waals surface area (Å²) in [5.74, 6) is -0.457. The lowest BCUT2D eigenvalue weighted by Crippen LogP contribution is -2.07. The molecule has 1 N–H and O–H groups in total. The van der Waals surface area contributed by atoms with Gasteiger partial charge in [-0.15, -0.1) is 0 Å². The maximum Gasteiger partial charge on any atom is 0.304 e. The van der Waals surface area contributed by atoms with Gasteiger partial charge in [0.05, 0.1) is 12.1 Å². The zero-order valence-corrected chi connectivity index (χ0v) is 10.1. The molecule has 18 heavy (non-hydrogen) atoms. The smallest absolute Gasteiger partial charge is 0.304 e. The second-order valence-electron chi connectivity index (χ2n) is 4.17. The lowest BCUT2D eigenvalue weighted by molar-refractivity contribution is -0.137. The number of aromatic nitrogens is 2. The summed E-state index contributed by atoms with van der Waals surface area (Å²) in [7, 11) is 0. The normalized spacial score (nSPS) is 12.1. The highest BCUT2D eigenvalue weighted by atomic mass is 16.4. The topological polar surface area (TPSA) is 63.1 Å².